The summed E-state index contributed by atoms with van der Waals surface area (Å²) in [6.45, 7) is 7.01. The van der Waals surface area contributed by atoms with Crippen molar-refractivity contribution in [2.75, 3.05) is 0 Å². The standard InChI is InChI=1S/C20H26O3/c1-10-15-12(22-17(10)21)8-14-18(2)6-4-11-9-19(11,3)13(18)5-7-20(14)16(15)23-20/h11-14,16H,4-9H2,1-3H3/t11-,12-,13-,14+,16+,18-,19+,20-/m1/s1. The van der Waals surface area contributed by atoms with E-state index in [9.17, 15) is 4.79 Å². The van der Waals surface area contributed by atoms with Gasteiger partial charge in [-0.15, -0.1) is 0 Å². The molecule has 0 radical (unpaired) electrons. The molecule has 0 bridgehead atoms. The number of carbonyl (C=O) groups excluding carboxylic acids is 1. The summed E-state index contributed by atoms with van der Waals surface area (Å²) in [5.74, 6) is 2.30. The first kappa shape index (κ1) is 13.5. The second-order valence-corrected chi connectivity index (χ2v) is 9.76. The van der Waals surface area contributed by atoms with Crippen LogP contribution in [0.4, 0.5) is 0 Å². The maximum atomic E-state index is 12.0. The Balaban J connectivity index is 1.43. The molecule has 1 spiro atoms. The highest BCUT2D eigenvalue weighted by Crippen LogP contribution is 2.77. The summed E-state index contributed by atoms with van der Waals surface area (Å²) in [4.78, 5) is 12.0. The molecule has 0 aromatic carbocycles. The third-order valence-electron chi connectivity index (χ3n) is 9.08. The van der Waals surface area contributed by atoms with Crippen LogP contribution in [-0.4, -0.2) is 23.8 Å². The van der Waals surface area contributed by atoms with Crippen LogP contribution in [0.3, 0.4) is 0 Å². The summed E-state index contributed by atoms with van der Waals surface area (Å²) in [7, 11) is 0. The normalized spacial score (nSPS) is 61.7. The first-order chi connectivity index (χ1) is 10.9. The van der Waals surface area contributed by atoms with Gasteiger partial charge in [-0.05, 0) is 68.1 Å². The van der Waals surface area contributed by atoms with E-state index in [-0.39, 0.29) is 23.8 Å². The fourth-order valence-corrected chi connectivity index (χ4v) is 7.75. The molecule has 124 valence electrons. The second kappa shape index (κ2) is 3.56. The van der Waals surface area contributed by atoms with E-state index < -0.39 is 0 Å². The highest BCUT2D eigenvalue weighted by Gasteiger charge is 2.77. The minimum Gasteiger partial charge on any atom is -0.454 e. The minimum atomic E-state index is -0.103. The molecule has 2 aliphatic heterocycles. The predicted molar refractivity (Wildman–Crippen MR) is 84.6 cm³/mol. The summed E-state index contributed by atoms with van der Waals surface area (Å²) in [5.41, 5.74) is 3.05. The molecule has 0 N–H and O–H groups in total. The molecule has 4 aliphatic carbocycles. The minimum absolute atomic E-state index is 0.00781. The lowest BCUT2D eigenvalue weighted by atomic mass is 9.47. The molecule has 1 saturated heterocycles. The van der Waals surface area contributed by atoms with Crippen LogP contribution < -0.4 is 0 Å². The molecule has 2 heterocycles. The summed E-state index contributed by atoms with van der Waals surface area (Å²) in [6.07, 6.45) is 7.90. The number of fused-ring (bicyclic) bond motifs is 6. The van der Waals surface area contributed by atoms with Crippen LogP contribution in [-0.2, 0) is 14.3 Å². The number of hydrogen-bond donors (Lipinski definition) is 0. The molecule has 0 amide bonds. The predicted octanol–water partition coefficient (Wildman–Crippen LogP) is 3.62. The molecule has 0 aromatic heterocycles. The van der Waals surface area contributed by atoms with Crippen LogP contribution in [0.5, 0.6) is 0 Å². The van der Waals surface area contributed by atoms with Crippen molar-refractivity contribution in [2.24, 2.45) is 28.6 Å². The number of carbonyl (C=O) groups is 1. The largest absolute Gasteiger partial charge is 0.454 e. The van der Waals surface area contributed by atoms with Crippen LogP contribution in [0.2, 0.25) is 0 Å². The van der Waals surface area contributed by atoms with Gasteiger partial charge < -0.3 is 9.47 Å². The first-order valence-electron chi connectivity index (χ1n) is 9.50. The van der Waals surface area contributed by atoms with Crippen LogP contribution >= 0.6 is 0 Å². The monoisotopic (exact) mass is 314 g/mol. The van der Waals surface area contributed by atoms with Gasteiger partial charge in [0.25, 0.3) is 0 Å². The summed E-state index contributed by atoms with van der Waals surface area (Å²) >= 11 is 0. The van der Waals surface area contributed by atoms with Crippen LogP contribution in [0.25, 0.3) is 0 Å². The zero-order chi connectivity index (χ0) is 15.8. The van der Waals surface area contributed by atoms with Crippen molar-refractivity contribution in [2.45, 2.75) is 77.1 Å². The first-order valence-corrected chi connectivity index (χ1v) is 9.50. The fraction of sp³-hybridized carbons (Fsp3) is 0.850. The van der Waals surface area contributed by atoms with Gasteiger partial charge in [-0.2, -0.15) is 0 Å². The Bertz CT molecular complexity index is 680. The van der Waals surface area contributed by atoms with Crippen molar-refractivity contribution in [1.29, 1.82) is 0 Å². The molecule has 5 fully saturated rings. The van der Waals surface area contributed by atoms with Crippen molar-refractivity contribution < 1.29 is 14.3 Å². The molecule has 3 heteroatoms. The molecule has 6 rings (SSSR count). The average Bonchev–Trinajstić information content (AvgIpc) is 3.36. The lowest BCUT2D eigenvalue weighted by Crippen LogP contribution is -2.56. The third-order valence-corrected chi connectivity index (χ3v) is 9.08. The molecule has 0 aromatic rings. The van der Waals surface area contributed by atoms with Crippen molar-refractivity contribution in [1.82, 2.24) is 0 Å². The van der Waals surface area contributed by atoms with Gasteiger partial charge in [0.1, 0.15) is 17.8 Å². The van der Waals surface area contributed by atoms with Gasteiger partial charge in [-0.3, -0.25) is 0 Å². The topological polar surface area (TPSA) is 38.8 Å². The van der Waals surface area contributed by atoms with Crippen molar-refractivity contribution in [3.8, 4) is 0 Å². The lowest BCUT2D eigenvalue weighted by molar-refractivity contribution is -0.144. The number of rotatable bonds is 0. The zero-order valence-corrected chi connectivity index (χ0v) is 14.4. The summed E-state index contributed by atoms with van der Waals surface area (Å²) in [5, 5.41) is 0. The van der Waals surface area contributed by atoms with Gasteiger partial charge in [-0.25, -0.2) is 4.79 Å². The third kappa shape index (κ3) is 1.31. The Morgan fingerprint density at radius 3 is 2.74 bits per heavy atom. The molecular formula is C20H26O3. The van der Waals surface area contributed by atoms with Gasteiger partial charge in [0.15, 0.2) is 0 Å². The van der Waals surface area contributed by atoms with Gasteiger partial charge in [-0.1, -0.05) is 13.8 Å². The molecule has 23 heavy (non-hydrogen) atoms. The summed E-state index contributed by atoms with van der Waals surface area (Å²) in [6, 6.07) is 0. The Hall–Kier alpha value is -0.830. The molecule has 4 saturated carbocycles. The zero-order valence-electron chi connectivity index (χ0n) is 14.4. The maximum absolute atomic E-state index is 12.0. The quantitative estimate of drug-likeness (QED) is 0.506. The molecule has 6 aliphatic rings. The van der Waals surface area contributed by atoms with Crippen LogP contribution in [0.15, 0.2) is 11.1 Å². The highest BCUT2D eigenvalue weighted by atomic mass is 16.6. The Kier molecular flexibility index (Phi) is 2.08. The number of esters is 1. The maximum Gasteiger partial charge on any atom is 0.334 e. The highest BCUT2D eigenvalue weighted by molar-refractivity contribution is 5.92. The van der Waals surface area contributed by atoms with E-state index in [1.54, 1.807) is 0 Å². The van der Waals surface area contributed by atoms with E-state index in [1.165, 1.54) is 37.7 Å². The SMILES string of the molecule is CC1=C2[C@@H](C[C@H]3[C@]4(C)CC[C@@H]5C[C@]5(C)[C@@H]4CC[C@@]34O[C@@H]24)OC1=O. The smallest absolute Gasteiger partial charge is 0.334 e. The Labute approximate surface area is 137 Å². The van der Waals surface area contributed by atoms with Crippen LogP contribution in [0, 0.1) is 28.6 Å². The Morgan fingerprint density at radius 1 is 1.09 bits per heavy atom. The van der Waals surface area contributed by atoms with Gasteiger partial charge >= 0.3 is 5.97 Å². The molecular weight excluding hydrogens is 288 g/mol. The fourth-order valence-electron chi connectivity index (χ4n) is 7.75. The second-order valence-electron chi connectivity index (χ2n) is 9.76. The molecule has 0 unspecified atom stereocenters. The summed E-state index contributed by atoms with van der Waals surface area (Å²) < 4.78 is 12.1. The lowest BCUT2D eigenvalue weighted by Gasteiger charge is -2.57. The van der Waals surface area contributed by atoms with Crippen LogP contribution in [0.1, 0.15) is 59.3 Å². The molecule has 8 atom stereocenters. The number of ether oxygens (including phenoxy) is 2. The number of hydrogen-bond acceptors (Lipinski definition) is 3. The van der Waals surface area contributed by atoms with E-state index in [2.05, 4.69) is 13.8 Å². The van der Waals surface area contributed by atoms with Crippen molar-refractivity contribution in [3.63, 3.8) is 0 Å². The van der Waals surface area contributed by atoms with E-state index in [0.717, 1.165) is 23.8 Å². The Morgan fingerprint density at radius 2 is 1.91 bits per heavy atom. The molecule has 3 nitrogen and oxygen atoms in total. The van der Waals surface area contributed by atoms with E-state index in [0.29, 0.717) is 16.7 Å². The van der Waals surface area contributed by atoms with E-state index in [4.69, 9.17) is 9.47 Å². The van der Waals surface area contributed by atoms with Gasteiger partial charge in [0.2, 0.25) is 0 Å². The van der Waals surface area contributed by atoms with E-state index >= 15 is 0 Å². The van der Waals surface area contributed by atoms with Gasteiger partial charge in [0, 0.05) is 17.1 Å². The van der Waals surface area contributed by atoms with Crippen molar-refractivity contribution in [3.05, 3.63) is 11.1 Å². The average molecular weight is 314 g/mol. The van der Waals surface area contributed by atoms with E-state index in [1.807, 2.05) is 6.92 Å². The number of epoxide rings is 1. The van der Waals surface area contributed by atoms with Gasteiger partial charge in [0.05, 0.1) is 0 Å². The van der Waals surface area contributed by atoms with Crippen molar-refractivity contribution >= 4 is 5.97 Å².